The van der Waals surface area contributed by atoms with E-state index in [1.165, 1.54) is 6.07 Å². The fraction of sp³-hybridized carbons (Fsp3) is 0.0909. The number of nitro groups is 1. The Bertz CT molecular complexity index is 542. The van der Waals surface area contributed by atoms with Gasteiger partial charge in [-0.25, -0.2) is 0 Å². The van der Waals surface area contributed by atoms with E-state index in [1.54, 1.807) is 29.5 Å². The lowest BCUT2D eigenvalue weighted by Crippen LogP contribution is -2.01. The minimum atomic E-state index is -0.382. The van der Waals surface area contributed by atoms with Crippen molar-refractivity contribution in [3.8, 4) is 0 Å². The first kappa shape index (κ1) is 12.1. The highest BCUT2D eigenvalue weighted by Crippen LogP contribution is 2.25. The molecule has 0 aliphatic heterocycles. The van der Waals surface area contributed by atoms with Crippen LogP contribution < -0.4 is 5.32 Å². The molecule has 0 saturated carbocycles. The van der Waals surface area contributed by atoms with E-state index in [0.29, 0.717) is 12.2 Å². The second-order valence-electron chi connectivity index (χ2n) is 3.36. The number of nitrogens with one attached hydrogen (secondary N) is 1. The maximum absolute atomic E-state index is 10.8. The molecule has 0 spiro atoms. The molecule has 1 heterocycles. The topological polar surface area (TPSA) is 55.2 Å². The summed E-state index contributed by atoms with van der Waals surface area (Å²) in [5.74, 6) is 0. The highest BCUT2D eigenvalue weighted by Gasteiger charge is 2.11. The molecule has 6 heteroatoms. The van der Waals surface area contributed by atoms with Crippen molar-refractivity contribution in [2.24, 2.45) is 0 Å². The first-order valence-corrected chi connectivity index (χ1v) is 6.54. The van der Waals surface area contributed by atoms with Crippen molar-refractivity contribution in [3.63, 3.8) is 0 Å². The number of nitro benzene ring substituents is 1. The van der Waals surface area contributed by atoms with Crippen LogP contribution in [0.2, 0.25) is 0 Å². The van der Waals surface area contributed by atoms with Crippen LogP contribution in [0.15, 0.2) is 40.2 Å². The van der Waals surface area contributed by atoms with Gasteiger partial charge >= 0.3 is 0 Å². The van der Waals surface area contributed by atoms with Gasteiger partial charge in [0.05, 0.1) is 4.92 Å². The molecule has 0 fully saturated rings. The summed E-state index contributed by atoms with van der Waals surface area (Å²) in [6, 6.07) is 8.63. The summed E-state index contributed by atoms with van der Waals surface area (Å²) in [6.45, 7) is 0.584. The molecule has 0 aliphatic carbocycles. The number of nitrogens with zero attached hydrogens (tertiary/aromatic N) is 1. The van der Waals surface area contributed by atoms with Gasteiger partial charge in [-0.2, -0.15) is 0 Å². The van der Waals surface area contributed by atoms with Gasteiger partial charge in [0.25, 0.3) is 5.69 Å². The molecule has 1 N–H and O–H groups in total. The minimum absolute atomic E-state index is 0.100. The molecule has 4 nitrogen and oxygen atoms in total. The van der Waals surface area contributed by atoms with Crippen molar-refractivity contribution in [1.29, 1.82) is 0 Å². The average Bonchev–Trinajstić information content (AvgIpc) is 2.73. The van der Waals surface area contributed by atoms with Crippen LogP contribution in [-0.4, -0.2) is 4.92 Å². The molecule has 1 aromatic carbocycles. The Balaban J connectivity index is 2.11. The summed E-state index contributed by atoms with van der Waals surface area (Å²) >= 11 is 4.97. The Morgan fingerprint density at radius 1 is 1.41 bits per heavy atom. The van der Waals surface area contributed by atoms with Crippen LogP contribution in [0.5, 0.6) is 0 Å². The highest BCUT2D eigenvalue weighted by molar-refractivity contribution is 9.10. The second-order valence-corrected chi connectivity index (χ2v) is 5.27. The number of halogens is 1. The summed E-state index contributed by atoms with van der Waals surface area (Å²) in [7, 11) is 0. The van der Waals surface area contributed by atoms with Crippen molar-refractivity contribution in [2.75, 3.05) is 5.32 Å². The summed E-state index contributed by atoms with van der Waals surface area (Å²) < 4.78 is 1.03. The van der Waals surface area contributed by atoms with Crippen LogP contribution in [-0.2, 0) is 6.54 Å². The Labute approximate surface area is 111 Å². The van der Waals surface area contributed by atoms with E-state index in [4.69, 9.17) is 0 Å². The summed E-state index contributed by atoms with van der Waals surface area (Å²) in [4.78, 5) is 11.5. The fourth-order valence-corrected chi connectivity index (χ4v) is 2.80. The van der Waals surface area contributed by atoms with E-state index < -0.39 is 0 Å². The second kappa shape index (κ2) is 5.29. The predicted molar refractivity (Wildman–Crippen MR) is 72.4 cm³/mol. The van der Waals surface area contributed by atoms with Crippen LogP contribution in [0.25, 0.3) is 0 Å². The maximum Gasteiger partial charge on any atom is 0.292 e. The van der Waals surface area contributed by atoms with E-state index >= 15 is 0 Å². The summed E-state index contributed by atoms with van der Waals surface area (Å²) in [5, 5.41) is 15.9. The van der Waals surface area contributed by atoms with Gasteiger partial charge in [-0.1, -0.05) is 12.1 Å². The van der Waals surface area contributed by atoms with Gasteiger partial charge in [-0.15, -0.1) is 11.3 Å². The van der Waals surface area contributed by atoms with Crippen molar-refractivity contribution < 1.29 is 4.92 Å². The van der Waals surface area contributed by atoms with Crippen LogP contribution in [0.1, 0.15) is 4.88 Å². The standard InChI is InChI=1S/C11H9BrN2O2S/c12-8-5-9(17-7-8)6-13-10-3-1-2-4-11(10)14(15)16/h1-5,7,13H,6H2. The highest BCUT2D eigenvalue weighted by atomic mass is 79.9. The van der Waals surface area contributed by atoms with E-state index in [0.717, 1.165) is 9.35 Å². The van der Waals surface area contributed by atoms with Crippen molar-refractivity contribution in [3.05, 3.63) is 55.2 Å². The largest absolute Gasteiger partial charge is 0.375 e. The molecule has 2 rings (SSSR count). The third-order valence-electron chi connectivity index (χ3n) is 2.18. The van der Waals surface area contributed by atoms with Gasteiger partial charge in [0.15, 0.2) is 0 Å². The molecular formula is C11H9BrN2O2S. The molecule has 0 radical (unpaired) electrons. The molecule has 1 aromatic heterocycles. The molecule has 88 valence electrons. The Morgan fingerprint density at radius 3 is 2.82 bits per heavy atom. The maximum atomic E-state index is 10.8. The Morgan fingerprint density at radius 2 is 2.18 bits per heavy atom. The van der Waals surface area contributed by atoms with Crippen LogP contribution in [0.4, 0.5) is 11.4 Å². The van der Waals surface area contributed by atoms with Crippen molar-refractivity contribution in [1.82, 2.24) is 0 Å². The van der Waals surface area contributed by atoms with Crippen LogP contribution in [0.3, 0.4) is 0 Å². The normalized spacial score (nSPS) is 10.2. The van der Waals surface area contributed by atoms with E-state index in [2.05, 4.69) is 21.2 Å². The smallest absolute Gasteiger partial charge is 0.292 e. The summed E-state index contributed by atoms with van der Waals surface area (Å²) in [6.07, 6.45) is 0. The number of hydrogen-bond donors (Lipinski definition) is 1. The predicted octanol–water partition coefficient (Wildman–Crippen LogP) is 4.03. The number of anilines is 1. The summed E-state index contributed by atoms with van der Waals surface area (Å²) in [5.41, 5.74) is 0.644. The minimum Gasteiger partial charge on any atom is -0.375 e. The first-order valence-electron chi connectivity index (χ1n) is 4.87. The Kier molecular flexibility index (Phi) is 3.75. The molecule has 0 unspecified atom stereocenters. The molecular weight excluding hydrogens is 304 g/mol. The SMILES string of the molecule is O=[N+]([O-])c1ccccc1NCc1cc(Br)cs1. The van der Waals surface area contributed by atoms with E-state index in [1.807, 2.05) is 11.4 Å². The molecule has 0 amide bonds. The molecule has 0 aliphatic rings. The van der Waals surface area contributed by atoms with Gasteiger partial charge in [-0.3, -0.25) is 10.1 Å². The van der Waals surface area contributed by atoms with Gasteiger partial charge in [-0.05, 0) is 28.1 Å². The van der Waals surface area contributed by atoms with E-state index in [-0.39, 0.29) is 10.6 Å². The third-order valence-corrected chi connectivity index (χ3v) is 3.87. The van der Waals surface area contributed by atoms with Crippen LogP contribution in [0, 0.1) is 10.1 Å². The lowest BCUT2D eigenvalue weighted by Gasteiger charge is -2.04. The van der Waals surface area contributed by atoms with Crippen molar-refractivity contribution in [2.45, 2.75) is 6.54 Å². The molecule has 0 bridgehead atoms. The van der Waals surface area contributed by atoms with Gasteiger partial charge in [0, 0.05) is 27.3 Å². The third kappa shape index (κ3) is 3.04. The number of benzene rings is 1. The average molecular weight is 313 g/mol. The molecule has 2 aromatic rings. The first-order chi connectivity index (χ1) is 8.16. The lowest BCUT2D eigenvalue weighted by atomic mass is 10.2. The quantitative estimate of drug-likeness (QED) is 0.685. The molecule has 0 saturated heterocycles. The van der Waals surface area contributed by atoms with E-state index in [9.17, 15) is 10.1 Å². The Hall–Kier alpha value is -1.40. The number of hydrogen-bond acceptors (Lipinski definition) is 4. The monoisotopic (exact) mass is 312 g/mol. The molecule has 0 atom stereocenters. The van der Waals surface area contributed by atoms with Crippen molar-refractivity contribution >= 4 is 38.6 Å². The van der Waals surface area contributed by atoms with Gasteiger partial charge in [0.1, 0.15) is 5.69 Å². The zero-order chi connectivity index (χ0) is 12.3. The zero-order valence-corrected chi connectivity index (χ0v) is 11.1. The fourth-order valence-electron chi connectivity index (χ4n) is 1.41. The zero-order valence-electron chi connectivity index (χ0n) is 8.72. The number of para-hydroxylation sites is 2. The van der Waals surface area contributed by atoms with Gasteiger partial charge in [0.2, 0.25) is 0 Å². The molecule has 17 heavy (non-hydrogen) atoms. The van der Waals surface area contributed by atoms with Gasteiger partial charge < -0.3 is 5.32 Å². The number of rotatable bonds is 4. The number of thiophene rings is 1. The lowest BCUT2D eigenvalue weighted by molar-refractivity contribution is -0.384. The van der Waals surface area contributed by atoms with Crippen LogP contribution >= 0.6 is 27.3 Å².